The molecule has 0 saturated carbocycles. The molecular weight excluding hydrogens is 352 g/mol. The lowest BCUT2D eigenvalue weighted by Crippen LogP contribution is -2.36. The Bertz CT molecular complexity index is 920. The van der Waals surface area contributed by atoms with Crippen LogP contribution in [0.2, 0.25) is 0 Å². The highest BCUT2D eigenvalue weighted by Crippen LogP contribution is 2.19. The Labute approximate surface area is 154 Å². The Hall–Kier alpha value is -1.93. The first-order valence-electron chi connectivity index (χ1n) is 8.85. The van der Waals surface area contributed by atoms with Gasteiger partial charge in [-0.05, 0) is 32.5 Å². The Kier molecular flexibility index (Phi) is 5.34. The number of fused-ring (bicyclic) bond motifs is 1. The average molecular weight is 378 g/mol. The number of aryl methyl sites for hydroxylation is 2. The third-order valence-corrected chi connectivity index (χ3v) is 6.81. The van der Waals surface area contributed by atoms with E-state index in [2.05, 4.69) is 16.5 Å². The minimum atomic E-state index is -2.90. The van der Waals surface area contributed by atoms with E-state index in [-0.39, 0.29) is 23.5 Å². The molecule has 1 aromatic carbocycles. The minimum Gasteiger partial charge on any atom is -0.350 e. The van der Waals surface area contributed by atoms with Crippen LogP contribution >= 0.6 is 0 Å². The molecule has 0 spiro atoms. The number of rotatable bonds is 6. The summed E-state index contributed by atoms with van der Waals surface area (Å²) in [6.07, 6.45) is 0.997. The molecule has 8 heteroatoms. The zero-order valence-corrected chi connectivity index (χ0v) is 16.3. The average Bonchev–Trinajstić information content (AvgIpc) is 3.10. The molecule has 1 atom stereocenters. The SMILES string of the molecule is Cc1ccc2c(c1)c(CNC(=O)CCN(C)[C@@H]1CCS(=O)(=O)C1)nn2C. The number of hydrogen-bond donors (Lipinski definition) is 1. The molecule has 0 aliphatic carbocycles. The Morgan fingerprint density at radius 2 is 2.19 bits per heavy atom. The zero-order valence-electron chi connectivity index (χ0n) is 15.5. The van der Waals surface area contributed by atoms with E-state index in [4.69, 9.17) is 0 Å². The van der Waals surface area contributed by atoms with E-state index in [1.54, 1.807) is 0 Å². The summed E-state index contributed by atoms with van der Waals surface area (Å²) in [5.41, 5.74) is 3.06. The summed E-state index contributed by atoms with van der Waals surface area (Å²) < 4.78 is 24.9. The third kappa shape index (κ3) is 4.24. The van der Waals surface area contributed by atoms with Gasteiger partial charge in [-0.3, -0.25) is 9.48 Å². The number of nitrogens with one attached hydrogen (secondary N) is 1. The summed E-state index contributed by atoms with van der Waals surface area (Å²) in [6, 6.07) is 6.19. The van der Waals surface area contributed by atoms with Crippen molar-refractivity contribution in [3.63, 3.8) is 0 Å². The van der Waals surface area contributed by atoms with Crippen molar-refractivity contribution < 1.29 is 13.2 Å². The quantitative estimate of drug-likeness (QED) is 0.811. The van der Waals surface area contributed by atoms with Crippen LogP contribution < -0.4 is 5.32 Å². The fourth-order valence-electron chi connectivity index (χ4n) is 3.44. The van der Waals surface area contributed by atoms with Gasteiger partial charge in [-0.15, -0.1) is 0 Å². The van der Waals surface area contributed by atoms with E-state index >= 15 is 0 Å². The fraction of sp³-hybridized carbons (Fsp3) is 0.556. The molecule has 1 N–H and O–H groups in total. The highest BCUT2D eigenvalue weighted by molar-refractivity contribution is 7.91. The summed E-state index contributed by atoms with van der Waals surface area (Å²) in [5, 5.41) is 8.48. The summed E-state index contributed by atoms with van der Waals surface area (Å²) in [6.45, 7) is 2.98. The molecule has 1 fully saturated rings. The molecule has 1 saturated heterocycles. The minimum absolute atomic E-state index is 0.0236. The normalized spacial score (nSPS) is 19.3. The van der Waals surface area contributed by atoms with E-state index in [9.17, 15) is 13.2 Å². The highest BCUT2D eigenvalue weighted by Gasteiger charge is 2.30. The third-order valence-electron chi connectivity index (χ3n) is 5.06. The van der Waals surface area contributed by atoms with Crippen molar-refractivity contribution in [3.8, 4) is 0 Å². The number of hydrogen-bond acceptors (Lipinski definition) is 5. The van der Waals surface area contributed by atoms with Crippen molar-refractivity contribution in [1.29, 1.82) is 0 Å². The van der Waals surface area contributed by atoms with E-state index in [0.29, 0.717) is 25.9 Å². The number of amides is 1. The summed E-state index contributed by atoms with van der Waals surface area (Å²) in [4.78, 5) is 14.2. The molecule has 1 amide bonds. The maximum absolute atomic E-state index is 12.2. The molecular formula is C18H26N4O3S. The molecule has 2 heterocycles. The monoisotopic (exact) mass is 378 g/mol. The molecule has 2 aromatic rings. The van der Waals surface area contributed by atoms with E-state index < -0.39 is 9.84 Å². The molecule has 26 heavy (non-hydrogen) atoms. The maximum atomic E-state index is 12.2. The number of benzene rings is 1. The molecule has 142 valence electrons. The van der Waals surface area contributed by atoms with Gasteiger partial charge in [-0.2, -0.15) is 5.10 Å². The van der Waals surface area contributed by atoms with Crippen molar-refractivity contribution in [2.24, 2.45) is 7.05 Å². The van der Waals surface area contributed by atoms with E-state index in [1.807, 2.05) is 42.7 Å². The highest BCUT2D eigenvalue weighted by atomic mass is 32.2. The molecule has 1 aliphatic rings. The topological polar surface area (TPSA) is 84.3 Å². The van der Waals surface area contributed by atoms with Crippen LogP contribution in [0, 0.1) is 6.92 Å². The smallest absolute Gasteiger partial charge is 0.221 e. The van der Waals surface area contributed by atoms with Gasteiger partial charge in [0.15, 0.2) is 9.84 Å². The molecule has 7 nitrogen and oxygen atoms in total. The van der Waals surface area contributed by atoms with E-state index in [1.165, 1.54) is 0 Å². The van der Waals surface area contributed by atoms with Gasteiger partial charge in [0.1, 0.15) is 0 Å². The van der Waals surface area contributed by atoms with Gasteiger partial charge in [0.05, 0.1) is 29.3 Å². The van der Waals surface area contributed by atoms with Gasteiger partial charge < -0.3 is 10.2 Å². The van der Waals surface area contributed by atoms with Gasteiger partial charge in [0.25, 0.3) is 0 Å². The second-order valence-electron chi connectivity index (χ2n) is 7.16. The van der Waals surface area contributed by atoms with Crippen LogP contribution in [0.4, 0.5) is 0 Å². The summed E-state index contributed by atoms with van der Waals surface area (Å²) >= 11 is 0. The maximum Gasteiger partial charge on any atom is 0.221 e. The Morgan fingerprint density at radius 1 is 1.42 bits per heavy atom. The van der Waals surface area contributed by atoms with Crippen LogP contribution in [-0.2, 0) is 28.2 Å². The van der Waals surface area contributed by atoms with Crippen LogP contribution in [0.5, 0.6) is 0 Å². The lowest BCUT2D eigenvalue weighted by atomic mass is 10.1. The van der Waals surface area contributed by atoms with Crippen molar-refractivity contribution >= 4 is 26.6 Å². The molecule has 1 aliphatic heterocycles. The number of aromatic nitrogens is 2. The predicted octanol–water partition coefficient (Wildman–Crippen LogP) is 1.01. The number of sulfone groups is 1. The van der Waals surface area contributed by atoms with Crippen LogP contribution in [-0.4, -0.2) is 60.1 Å². The summed E-state index contributed by atoms with van der Waals surface area (Å²) in [5.74, 6) is 0.397. The first-order chi connectivity index (χ1) is 12.2. The number of carbonyl (C=O) groups is 1. The van der Waals surface area contributed by atoms with Gasteiger partial charge in [-0.1, -0.05) is 11.6 Å². The Morgan fingerprint density at radius 3 is 2.88 bits per heavy atom. The second-order valence-corrected chi connectivity index (χ2v) is 9.38. The van der Waals surface area contributed by atoms with Gasteiger partial charge in [0.2, 0.25) is 5.91 Å². The lowest BCUT2D eigenvalue weighted by molar-refractivity contribution is -0.121. The number of carbonyl (C=O) groups excluding carboxylic acids is 1. The van der Waals surface area contributed by atoms with Crippen molar-refractivity contribution in [3.05, 3.63) is 29.5 Å². The standard InChI is InChI=1S/C18H26N4O3S/c1-13-4-5-17-15(10-13)16(20-22(17)3)11-19-18(23)6-8-21(2)14-7-9-26(24,25)12-14/h4-5,10,14H,6-9,11-12H2,1-3H3,(H,19,23)/t14-/m1/s1. The molecule has 3 rings (SSSR count). The Balaban J connectivity index is 1.52. The number of nitrogens with zero attached hydrogens (tertiary/aromatic N) is 3. The lowest BCUT2D eigenvalue weighted by Gasteiger charge is -2.22. The largest absolute Gasteiger partial charge is 0.350 e. The molecule has 0 unspecified atom stereocenters. The van der Waals surface area contributed by atoms with Crippen LogP contribution in [0.3, 0.4) is 0 Å². The first kappa shape index (κ1) is 18.8. The molecule has 0 bridgehead atoms. The second kappa shape index (κ2) is 7.36. The van der Waals surface area contributed by atoms with Crippen LogP contribution in [0.25, 0.3) is 10.9 Å². The van der Waals surface area contributed by atoms with Gasteiger partial charge >= 0.3 is 0 Å². The fourth-order valence-corrected chi connectivity index (χ4v) is 5.24. The van der Waals surface area contributed by atoms with Crippen LogP contribution in [0.1, 0.15) is 24.1 Å². The van der Waals surface area contributed by atoms with Gasteiger partial charge in [-0.25, -0.2) is 8.42 Å². The van der Waals surface area contributed by atoms with Crippen molar-refractivity contribution in [2.75, 3.05) is 25.1 Å². The molecule has 1 aromatic heterocycles. The van der Waals surface area contributed by atoms with Crippen LogP contribution in [0.15, 0.2) is 18.2 Å². The first-order valence-corrected chi connectivity index (χ1v) is 10.7. The molecule has 0 radical (unpaired) electrons. The van der Waals surface area contributed by atoms with Crippen molar-refractivity contribution in [2.45, 2.75) is 32.4 Å². The zero-order chi connectivity index (χ0) is 18.9. The summed E-state index contributed by atoms with van der Waals surface area (Å²) in [7, 11) is 0.879. The van der Waals surface area contributed by atoms with Crippen molar-refractivity contribution in [1.82, 2.24) is 20.0 Å². The predicted molar refractivity (Wildman–Crippen MR) is 102 cm³/mol. The van der Waals surface area contributed by atoms with Gasteiger partial charge in [0, 0.05) is 31.4 Å². The van der Waals surface area contributed by atoms with E-state index in [0.717, 1.165) is 22.2 Å².